The molecular weight excluding hydrogens is 346 g/mol. The summed E-state index contributed by atoms with van der Waals surface area (Å²) in [6, 6.07) is -0.726. The quantitative estimate of drug-likeness (QED) is 0.796. The minimum atomic E-state index is -0.491. The fourth-order valence-electron chi connectivity index (χ4n) is 3.89. The van der Waals surface area contributed by atoms with Gasteiger partial charge in [-0.1, -0.05) is 6.42 Å². The number of amides is 3. The number of nitrogens with zero attached hydrogens (tertiary/aromatic N) is 4. The average molecular weight is 375 g/mol. The summed E-state index contributed by atoms with van der Waals surface area (Å²) >= 11 is 0. The molecule has 1 aliphatic heterocycles. The molecule has 1 aromatic rings. The fourth-order valence-corrected chi connectivity index (χ4v) is 3.89. The van der Waals surface area contributed by atoms with Gasteiger partial charge in [-0.25, -0.2) is 4.98 Å². The number of hydrogen-bond donors (Lipinski definition) is 1. The van der Waals surface area contributed by atoms with Crippen LogP contribution in [0.5, 0.6) is 0 Å². The molecule has 1 N–H and O–H groups in total. The number of aromatic nitrogens is 2. The van der Waals surface area contributed by atoms with Gasteiger partial charge in [-0.3, -0.25) is 14.4 Å². The molecule has 8 nitrogen and oxygen atoms in total. The summed E-state index contributed by atoms with van der Waals surface area (Å²) < 4.78 is 1.65. The van der Waals surface area contributed by atoms with Crippen molar-refractivity contribution in [2.24, 2.45) is 13.0 Å². The van der Waals surface area contributed by atoms with E-state index in [4.69, 9.17) is 0 Å². The molecule has 148 valence electrons. The third-order valence-electron chi connectivity index (χ3n) is 5.78. The highest BCUT2D eigenvalue weighted by Crippen LogP contribution is 2.32. The number of hydrogen-bond acceptors (Lipinski definition) is 4. The molecule has 0 unspecified atom stereocenters. The highest BCUT2D eigenvalue weighted by molar-refractivity contribution is 5.93. The lowest BCUT2D eigenvalue weighted by molar-refractivity contribution is -0.147. The molecule has 3 amide bonds. The molecule has 2 aliphatic rings. The van der Waals surface area contributed by atoms with Gasteiger partial charge in [0.05, 0.1) is 12.5 Å². The standard InChI is InChI=1S/C19H29N5O3/c1-4-23(5-2)19(27)15-9-14(11-24(15)18(26)13-7-6-8-13)21-17(25)16-10-20-12-22(16)3/h10,12-15H,4-9,11H2,1-3H3,(H,21,25)/t14-,15+/m1/s1. The summed E-state index contributed by atoms with van der Waals surface area (Å²) in [6.07, 6.45) is 6.40. The Morgan fingerprint density at radius 3 is 2.48 bits per heavy atom. The molecule has 8 heteroatoms. The van der Waals surface area contributed by atoms with Crippen molar-refractivity contribution in [1.29, 1.82) is 0 Å². The number of rotatable bonds is 6. The normalized spacial score (nSPS) is 22.4. The first-order valence-corrected chi connectivity index (χ1v) is 9.82. The second-order valence-electron chi connectivity index (χ2n) is 7.44. The minimum Gasteiger partial charge on any atom is -0.346 e. The molecule has 0 bridgehead atoms. The molecule has 27 heavy (non-hydrogen) atoms. The van der Waals surface area contributed by atoms with Gasteiger partial charge >= 0.3 is 0 Å². The van der Waals surface area contributed by atoms with Crippen molar-refractivity contribution in [3.05, 3.63) is 18.2 Å². The predicted octanol–water partition coefficient (Wildman–Crippen LogP) is 0.788. The van der Waals surface area contributed by atoms with E-state index in [1.807, 2.05) is 13.8 Å². The highest BCUT2D eigenvalue weighted by Gasteiger charge is 2.44. The van der Waals surface area contributed by atoms with E-state index >= 15 is 0 Å². The average Bonchev–Trinajstić information content (AvgIpc) is 3.20. The monoisotopic (exact) mass is 375 g/mol. The number of carbonyl (C=O) groups excluding carboxylic acids is 3. The molecule has 0 aromatic carbocycles. The Morgan fingerprint density at radius 2 is 1.96 bits per heavy atom. The van der Waals surface area contributed by atoms with E-state index in [0.717, 1.165) is 19.3 Å². The molecule has 3 rings (SSSR count). The van der Waals surface area contributed by atoms with Crippen LogP contribution in [0.1, 0.15) is 50.0 Å². The zero-order valence-electron chi connectivity index (χ0n) is 16.4. The van der Waals surface area contributed by atoms with Crippen molar-refractivity contribution < 1.29 is 14.4 Å². The SMILES string of the molecule is CCN(CC)C(=O)[C@@H]1C[C@@H](NC(=O)c2cncn2C)CN1C(=O)C1CCC1. The van der Waals surface area contributed by atoms with E-state index in [-0.39, 0.29) is 29.7 Å². The van der Waals surface area contributed by atoms with Gasteiger partial charge in [0.2, 0.25) is 11.8 Å². The summed E-state index contributed by atoms with van der Waals surface area (Å²) in [5, 5.41) is 2.98. The number of likely N-dealkylation sites (N-methyl/N-ethyl adjacent to an activating group) is 1. The Morgan fingerprint density at radius 1 is 1.26 bits per heavy atom. The van der Waals surface area contributed by atoms with Crippen LogP contribution in [0.3, 0.4) is 0 Å². The number of carbonyl (C=O) groups is 3. The van der Waals surface area contributed by atoms with Gasteiger partial charge in [0.25, 0.3) is 5.91 Å². The summed E-state index contributed by atoms with van der Waals surface area (Å²) in [7, 11) is 1.76. The molecule has 2 heterocycles. The Labute approximate surface area is 159 Å². The number of likely N-dealkylation sites (tertiary alicyclic amines) is 1. The van der Waals surface area contributed by atoms with E-state index in [9.17, 15) is 14.4 Å². The first kappa shape index (κ1) is 19.4. The van der Waals surface area contributed by atoms with Crippen LogP contribution >= 0.6 is 0 Å². The van der Waals surface area contributed by atoms with Gasteiger partial charge < -0.3 is 19.7 Å². The fraction of sp³-hybridized carbons (Fsp3) is 0.684. The number of imidazole rings is 1. The number of aryl methyl sites for hydroxylation is 1. The van der Waals surface area contributed by atoms with Gasteiger partial charge in [0, 0.05) is 38.6 Å². The first-order chi connectivity index (χ1) is 13.0. The molecular formula is C19H29N5O3. The highest BCUT2D eigenvalue weighted by atomic mass is 16.2. The molecule has 1 aliphatic carbocycles. The number of nitrogens with one attached hydrogen (secondary N) is 1. The maximum absolute atomic E-state index is 13.0. The lowest BCUT2D eigenvalue weighted by Gasteiger charge is -2.34. The Balaban J connectivity index is 1.74. The van der Waals surface area contributed by atoms with Crippen LogP contribution in [-0.4, -0.2) is 68.8 Å². The zero-order valence-corrected chi connectivity index (χ0v) is 16.4. The molecule has 2 fully saturated rings. The molecule has 0 spiro atoms. The first-order valence-electron chi connectivity index (χ1n) is 9.82. The molecule has 2 atom stereocenters. The van der Waals surface area contributed by atoms with Gasteiger partial charge in [-0.15, -0.1) is 0 Å². The van der Waals surface area contributed by atoms with Crippen LogP contribution in [0, 0.1) is 5.92 Å². The summed E-state index contributed by atoms with van der Waals surface area (Å²) in [5.74, 6) is -0.162. The van der Waals surface area contributed by atoms with Gasteiger partial charge in [0.15, 0.2) is 0 Å². The van der Waals surface area contributed by atoms with Crippen molar-refractivity contribution >= 4 is 17.7 Å². The van der Waals surface area contributed by atoms with Gasteiger partial charge in [-0.2, -0.15) is 0 Å². The molecule has 1 saturated heterocycles. The minimum absolute atomic E-state index is 0.0232. The smallest absolute Gasteiger partial charge is 0.269 e. The Kier molecular flexibility index (Phi) is 5.82. The van der Waals surface area contributed by atoms with Crippen LogP contribution in [0.4, 0.5) is 0 Å². The van der Waals surface area contributed by atoms with E-state index in [1.165, 1.54) is 6.20 Å². The lowest BCUT2D eigenvalue weighted by Crippen LogP contribution is -2.50. The topological polar surface area (TPSA) is 87.5 Å². The van der Waals surface area contributed by atoms with Crippen LogP contribution in [0.2, 0.25) is 0 Å². The van der Waals surface area contributed by atoms with Gasteiger partial charge in [0.1, 0.15) is 11.7 Å². The van der Waals surface area contributed by atoms with Crippen LogP contribution in [0.15, 0.2) is 12.5 Å². The summed E-state index contributed by atoms with van der Waals surface area (Å²) in [4.78, 5) is 45.8. The van der Waals surface area contributed by atoms with Crippen molar-refractivity contribution in [2.75, 3.05) is 19.6 Å². The van der Waals surface area contributed by atoms with Crippen LogP contribution < -0.4 is 5.32 Å². The predicted molar refractivity (Wildman–Crippen MR) is 99.8 cm³/mol. The van der Waals surface area contributed by atoms with E-state index in [0.29, 0.717) is 31.7 Å². The largest absolute Gasteiger partial charge is 0.346 e. The molecule has 1 saturated carbocycles. The second kappa shape index (κ2) is 8.10. The van der Waals surface area contributed by atoms with E-state index in [1.54, 1.807) is 27.7 Å². The van der Waals surface area contributed by atoms with Crippen molar-refractivity contribution in [2.45, 2.75) is 51.6 Å². The maximum atomic E-state index is 13.0. The summed E-state index contributed by atoms with van der Waals surface area (Å²) in [5.41, 5.74) is 0.463. The Bertz CT molecular complexity index is 708. The van der Waals surface area contributed by atoms with Gasteiger partial charge in [-0.05, 0) is 33.1 Å². The second-order valence-corrected chi connectivity index (χ2v) is 7.44. The van der Waals surface area contributed by atoms with E-state index in [2.05, 4.69) is 10.3 Å². The summed E-state index contributed by atoms with van der Waals surface area (Å²) in [6.45, 7) is 5.50. The van der Waals surface area contributed by atoms with E-state index < -0.39 is 6.04 Å². The van der Waals surface area contributed by atoms with Crippen LogP contribution in [-0.2, 0) is 16.6 Å². The molecule has 0 radical (unpaired) electrons. The third kappa shape index (κ3) is 3.84. The zero-order chi connectivity index (χ0) is 19.6. The van der Waals surface area contributed by atoms with Crippen molar-refractivity contribution in [3.63, 3.8) is 0 Å². The molecule has 1 aromatic heterocycles. The lowest BCUT2D eigenvalue weighted by atomic mass is 9.84. The van der Waals surface area contributed by atoms with Crippen molar-refractivity contribution in [3.8, 4) is 0 Å². The Hall–Kier alpha value is -2.38. The third-order valence-corrected chi connectivity index (χ3v) is 5.78. The van der Waals surface area contributed by atoms with Crippen molar-refractivity contribution in [1.82, 2.24) is 24.7 Å². The van der Waals surface area contributed by atoms with Crippen LogP contribution in [0.25, 0.3) is 0 Å². The maximum Gasteiger partial charge on any atom is 0.269 e.